The van der Waals surface area contributed by atoms with Crippen LogP contribution in [0.4, 0.5) is 0 Å². The molecule has 3 N–H and O–H groups in total. The number of rotatable bonds is 11. The molecule has 1 atom stereocenters. The highest BCUT2D eigenvalue weighted by atomic mass is 16.5. The van der Waals surface area contributed by atoms with Crippen molar-refractivity contribution >= 4 is 5.91 Å². The second kappa shape index (κ2) is 11.4. The molecular formula is C13H29N3O2. The highest BCUT2D eigenvalue weighted by Crippen LogP contribution is 1.96. The molecule has 1 unspecified atom stereocenters. The smallest absolute Gasteiger partial charge is 0.234 e. The highest BCUT2D eigenvalue weighted by molar-refractivity contribution is 5.78. The fourth-order valence-electron chi connectivity index (χ4n) is 1.83. The van der Waals surface area contributed by atoms with Crippen molar-refractivity contribution in [3.63, 3.8) is 0 Å². The van der Waals surface area contributed by atoms with Crippen LogP contribution >= 0.6 is 0 Å². The molecule has 0 saturated carbocycles. The molecule has 0 heterocycles. The number of nitrogens with two attached hydrogens (primary N) is 1. The molecule has 0 aromatic heterocycles. The van der Waals surface area contributed by atoms with Crippen molar-refractivity contribution in [2.24, 2.45) is 5.73 Å². The minimum absolute atomic E-state index is 0.0871. The number of methoxy groups -OCH3 is 1. The van der Waals surface area contributed by atoms with Crippen LogP contribution in [0.2, 0.25) is 0 Å². The van der Waals surface area contributed by atoms with Crippen molar-refractivity contribution in [3.05, 3.63) is 0 Å². The van der Waals surface area contributed by atoms with Gasteiger partial charge in [-0.05, 0) is 32.9 Å². The monoisotopic (exact) mass is 259 g/mol. The lowest BCUT2D eigenvalue weighted by Crippen LogP contribution is -2.42. The minimum Gasteiger partial charge on any atom is -0.383 e. The van der Waals surface area contributed by atoms with Crippen molar-refractivity contribution in [2.45, 2.75) is 39.2 Å². The number of hydrogen-bond acceptors (Lipinski definition) is 4. The molecule has 0 aromatic rings. The van der Waals surface area contributed by atoms with E-state index in [0.29, 0.717) is 19.7 Å². The molecule has 0 radical (unpaired) electrons. The van der Waals surface area contributed by atoms with Crippen LogP contribution < -0.4 is 11.1 Å². The third-order valence-electron chi connectivity index (χ3n) is 2.79. The first kappa shape index (κ1) is 17.4. The zero-order chi connectivity index (χ0) is 13.8. The van der Waals surface area contributed by atoms with Crippen molar-refractivity contribution < 1.29 is 9.53 Å². The van der Waals surface area contributed by atoms with E-state index in [4.69, 9.17) is 10.5 Å². The zero-order valence-electron chi connectivity index (χ0n) is 12.1. The Balaban J connectivity index is 3.99. The summed E-state index contributed by atoms with van der Waals surface area (Å²) in [5.41, 5.74) is 5.50. The number of ether oxygens (including phenoxy) is 1. The molecular weight excluding hydrogens is 230 g/mol. The lowest BCUT2D eigenvalue weighted by molar-refractivity contribution is -0.123. The topological polar surface area (TPSA) is 67.6 Å². The number of carbonyl (C=O) groups is 1. The second-order valence-corrected chi connectivity index (χ2v) is 4.67. The third-order valence-corrected chi connectivity index (χ3v) is 2.79. The van der Waals surface area contributed by atoms with Crippen molar-refractivity contribution in [1.29, 1.82) is 0 Å². The number of amides is 1. The van der Waals surface area contributed by atoms with Crippen LogP contribution in [0.5, 0.6) is 0 Å². The van der Waals surface area contributed by atoms with Gasteiger partial charge in [-0.25, -0.2) is 0 Å². The summed E-state index contributed by atoms with van der Waals surface area (Å²) in [6, 6.07) is 0.251. The van der Waals surface area contributed by atoms with E-state index in [1.807, 2.05) is 6.92 Å². The Morgan fingerprint density at radius 3 is 2.72 bits per heavy atom. The Hall–Kier alpha value is -0.650. The molecule has 0 aliphatic rings. The molecule has 0 saturated heterocycles. The normalized spacial score (nSPS) is 12.7. The summed E-state index contributed by atoms with van der Waals surface area (Å²) in [4.78, 5) is 13.9. The Morgan fingerprint density at radius 1 is 1.44 bits per heavy atom. The molecule has 0 aliphatic heterocycles. The Labute approximate surface area is 111 Å². The fraction of sp³-hybridized carbons (Fsp3) is 0.923. The Bertz CT molecular complexity index is 204. The molecule has 0 aromatic carbocycles. The number of hydrogen-bond donors (Lipinski definition) is 2. The van der Waals surface area contributed by atoms with E-state index < -0.39 is 0 Å². The van der Waals surface area contributed by atoms with Gasteiger partial charge in [0.2, 0.25) is 5.91 Å². The van der Waals surface area contributed by atoms with Crippen LogP contribution in [-0.2, 0) is 9.53 Å². The zero-order valence-corrected chi connectivity index (χ0v) is 12.1. The van der Waals surface area contributed by atoms with Crippen molar-refractivity contribution in [3.8, 4) is 0 Å². The van der Waals surface area contributed by atoms with Gasteiger partial charge in [0.1, 0.15) is 0 Å². The summed E-state index contributed by atoms with van der Waals surface area (Å²) in [6.07, 6.45) is 3.01. The van der Waals surface area contributed by atoms with Gasteiger partial charge in [0, 0.05) is 19.7 Å². The van der Waals surface area contributed by atoms with Gasteiger partial charge in [0.15, 0.2) is 0 Å². The molecule has 108 valence electrons. The lowest BCUT2D eigenvalue weighted by atomic mass is 10.2. The molecule has 0 bridgehead atoms. The standard InChI is InChI=1S/C13H29N3O2/c1-4-6-12(2)15-13(17)11-16(8-5-7-14)9-10-18-3/h12H,4-11,14H2,1-3H3,(H,15,17). The first-order valence-corrected chi connectivity index (χ1v) is 6.84. The molecule has 0 fully saturated rings. The van der Waals surface area contributed by atoms with Crippen molar-refractivity contribution in [2.75, 3.05) is 39.9 Å². The summed E-state index contributed by atoms with van der Waals surface area (Å²) in [5.74, 6) is 0.0871. The Morgan fingerprint density at radius 2 is 2.17 bits per heavy atom. The van der Waals surface area contributed by atoms with Gasteiger partial charge < -0.3 is 15.8 Å². The van der Waals surface area contributed by atoms with E-state index in [-0.39, 0.29) is 11.9 Å². The van der Waals surface area contributed by atoms with Crippen LogP contribution in [0.25, 0.3) is 0 Å². The van der Waals surface area contributed by atoms with Gasteiger partial charge in [-0.2, -0.15) is 0 Å². The predicted molar refractivity (Wildman–Crippen MR) is 74.5 cm³/mol. The second-order valence-electron chi connectivity index (χ2n) is 4.67. The van der Waals surface area contributed by atoms with E-state index in [1.165, 1.54) is 0 Å². The maximum absolute atomic E-state index is 11.8. The molecule has 18 heavy (non-hydrogen) atoms. The van der Waals surface area contributed by atoms with E-state index in [1.54, 1.807) is 7.11 Å². The predicted octanol–water partition coefficient (Wildman–Crippen LogP) is 0.588. The lowest BCUT2D eigenvalue weighted by Gasteiger charge is -2.22. The maximum Gasteiger partial charge on any atom is 0.234 e. The van der Waals surface area contributed by atoms with E-state index in [0.717, 1.165) is 32.4 Å². The van der Waals surface area contributed by atoms with Crippen LogP contribution in [-0.4, -0.2) is 56.7 Å². The Kier molecular flexibility index (Phi) is 11.0. The number of nitrogens with one attached hydrogen (secondary N) is 1. The van der Waals surface area contributed by atoms with Crippen LogP contribution in [0.3, 0.4) is 0 Å². The number of nitrogens with zero attached hydrogens (tertiary/aromatic N) is 1. The molecule has 0 spiro atoms. The highest BCUT2D eigenvalue weighted by Gasteiger charge is 2.12. The summed E-state index contributed by atoms with van der Waals surface area (Å²) >= 11 is 0. The number of carbonyl (C=O) groups excluding carboxylic acids is 1. The first-order valence-electron chi connectivity index (χ1n) is 6.84. The minimum atomic E-state index is 0.0871. The van der Waals surface area contributed by atoms with Gasteiger partial charge in [0.25, 0.3) is 0 Å². The van der Waals surface area contributed by atoms with E-state index >= 15 is 0 Å². The SMILES string of the molecule is CCCC(C)NC(=O)CN(CCCN)CCOC. The van der Waals surface area contributed by atoms with Gasteiger partial charge >= 0.3 is 0 Å². The van der Waals surface area contributed by atoms with E-state index in [2.05, 4.69) is 17.1 Å². The summed E-state index contributed by atoms with van der Waals surface area (Å²) in [5, 5.41) is 3.01. The van der Waals surface area contributed by atoms with Crippen LogP contribution in [0.15, 0.2) is 0 Å². The van der Waals surface area contributed by atoms with Gasteiger partial charge in [-0.15, -0.1) is 0 Å². The van der Waals surface area contributed by atoms with E-state index in [9.17, 15) is 4.79 Å². The summed E-state index contributed by atoms with van der Waals surface area (Å²) in [7, 11) is 1.67. The average molecular weight is 259 g/mol. The van der Waals surface area contributed by atoms with Crippen molar-refractivity contribution in [1.82, 2.24) is 10.2 Å². The first-order chi connectivity index (χ1) is 8.63. The quantitative estimate of drug-likeness (QED) is 0.570. The maximum atomic E-state index is 11.8. The third kappa shape index (κ3) is 9.39. The van der Waals surface area contributed by atoms with Gasteiger partial charge in [-0.1, -0.05) is 13.3 Å². The van der Waals surface area contributed by atoms with Gasteiger partial charge in [0.05, 0.1) is 13.2 Å². The summed E-state index contributed by atoms with van der Waals surface area (Å²) in [6.45, 7) is 7.49. The summed E-state index contributed by atoms with van der Waals surface area (Å²) < 4.78 is 5.05. The van der Waals surface area contributed by atoms with Crippen LogP contribution in [0.1, 0.15) is 33.1 Å². The van der Waals surface area contributed by atoms with Gasteiger partial charge in [-0.3, -0.25) is 9.69 Å². The molecule has 0 rings (SSSR count). The molecule has 1 amide bonds. The molecule has 0 aliphatic carbocycles. The van der Waals surface area contributed by atoms with Crippen LogP contribution in [0, 0.1) is 0 Å². The fourth-order valence-corrected chi connectivity index (χ4v) is 1.83. The average Bonchev–Trinajstić information content (AvgIpc) is 2.32. The molecule has 5 heteroatoms. The molecule has 5 nitrogen and oxygen atoms in total. The largest absolute Gasteiger partial charge is 0.383 e.